The maximum Gasteiger partial charge on any atom is 0.348 e. The quantitative estimate of drug-likeness (QED) is 0.885. The van der Waals surface area contributed by atoms with Gasteiger partial charge < -0.3 is 10.1 Å². The maximum absolute atomic E-state index is 12.2. The predicted octanol–water partition coefficient (Wildman–Crippen LogP) is 3.28. The van der Waals surface area contributed by atoms with E-state index in [2.05, 4.69) is 16.1 Å². The number of hydrogen-bond acceptors (Lipinski definition) is 4. The molecule has 0 unspecified atom stereocenters. The fourth-order valence-corrected chi connectivity index (χ4v) is 3.33. The van der Waals surface area contributed by atoms with Crippen LogP contribution in [0.1, 0.15) is 36.9 Å². The fraction of sp³-hybridized carbons (Fsp3) is 0.250. The van der Waals surface area contributed by atoms with E-state index in [4.69, 9.17) is 0 Å². The molecule has 0 radical (unpaired) electrons. The van der Waals surface area contributed by atoms with Gasteiger partial charge in [0, 0.05) is 5.69 Å². The number of thiophene rings is 1. The van der Waals surface area contributed by atoms with E-state index in [1.807, 2.05) is 12.1 Å². The molecule has 0 aliphatic heterocycles. The molecule has 1 amide bonds. The number of fused-ring (bicyclic) bond motifs is 1. The lowest BCUT2D eigenvalue weighted by Gasteiger charge is -2.06. The largest absolute Gasteiger partial charge is 0.465 e. The fourth-order valence-electron chi connectivity index (χ4n) is 2.51. The minimum absolute atomic E-state index is 0.201. The number of rotatable bonds is 3. The number of ether oxygens (including phenoxy) is 1. The molecule has 0 saturated carbocycles. The predicted molar refractivity (Wildman–Crippen MR) is 82.1 cm³/mol. The normalized spacial score (nSPS) is 12.8. The van der Waals surface area contributed by atoms with E-state index in [-0.39, 0.29) is 5.91 Å². The van der Waals surface area contributed by atoms with Crippen LogP contribution in [0.4, 0.5) is 5.69 Å². The van der Waals surface area contributed by atoms with Gasteiger partial charge in [-0.1, -0.05) is 6.07 Å². The highest BCUT2D eigenvalue weighted by Crippen LogP contribution is 2.25. The van der Waals surface area contributed by atoms with Gasteiger partial charge in [0.2, 0.25) is 0 Å². The van der Waals surface area contributed by atoms with E-state index >= 15 is 0 Å². The van der Waals surface area contributed by atoms with E-state index in [0.717, 1.165) is 29.9 Å². The van der Waals surface area contributed by atoms with Crippen molar-refractivity contribution in [3.63, 3.8) is 0 Å². The first-order chi connectivity index (χ1) is 10.2. The maximum atomic E-state index is 12.2. The first-order valence-corrected chi connectivity index (χ1v) is 7.60. The molecule has 5 heteroatoms. The van der Waals surface area contributed by atoms with Crippen LogP contribution in [0.15, 0.2) is 30.3 Å². The van der Waals surface area contributed by atoms with Gasteiger partial charge >= 0.3 is 5.97 Å². The average molecular weight is 301 g/mol. The molecule has 1 aliphatic rings. The van der Waals surface area contributed by atoms with Crippen molar-refractivity contribution in [2.45, 2.75) is 19.3 Å². The lowest BCUT2D eigenvalue weighted by Crippen LogP contribution is -2.10. The van der Waals surface area contributed by atoms with Crippen LogP contribution >= 0.6 is 11.3 Å². The summed E-state index contributed by atoms with van der Waals surface area (Å²) in [6.07, 6.45) is 3.38. The van der Waals surface area contributed by atoms with Crippen LogP contribution in [0.5, 0.6) is 0 Å². The molecule has 108 valence electrons. The Kier molecular flexibility index (Phi) is 3.75. The van der Waals surface area contributed by atoms with Crippen LogP contribution in [-0.4, -0.2) is 19.0 Å². The second-order valence-corrected chi connectivity index (χ2v) is 6.03. The molecule has 21 heavy (non-hydrogen) atoms. The minimum atomic E-state index is -0.420. The van der Waals surface area contributed by atoms with Crippen molar-refractivity contribution in [3.8, 4) is 0 Å². The third-order valence-corrected chi connectivity index (χ3v) is 4.64. The Bertz CT molecular complexity index is 705. The smallest absolute Gasteiger partial charge is 0.348 e. The zero-order valence-electron chi connectivity index (χ0n) is 11.6. The summed E-state index contributed by atoms with van der Waals surface area (Å²) in [6, 6.07) is 9.28. The number of amides is 1. The molecule has 3 rings (SSSR count). The van der Waals surface area contributed by atoms with Crippen LogP contribution in [0.3, 0.4) is 0 Å². The van der Waals surface area contributed by atoms with E-state index in [0.29, 0.717) is 9.75 Å². The number of carbonyl (C=O) groups is 2. The van der Waals surface area contributed by atoms with Crippen molar-refractivity contribution in [3.05, 3.63) is 51.2 Å². The zero-order valence-corrected chi connectivity index (χ0v) is 12.5. The molecule has 0 atom stereocenters. The van der Waals surface area contributed by atoms with Gasteiger partial charge in [-0.2, -0.15) is 0 Å². The summed E-state index contributed by atoms with van der Waals surface area (Å²) in [4.78, 5) is 24.5. The van der Waals surface area contributed by atoms with Crippen molar-refractivity contribution in [2.24, 2.45) is 0 Å². The van der Waals surface area contributed by atoms with Gasteiger partial charge in [0.05, 0.1) is 12.0 Å². The van der Waals surface area contributed by atoms with Gasteiger partial charge in [-0.25, -0.2) is 4.79 Å². The first kappa shape index (κ1) is 13.8. The lowest BCUT2D eigenvalue weighted by atomic mass is 10.1. The summed E-state index contributed by atoms with van der Waals surface area (Å²) in [5, 5.41) is 2.88. The van der Waals surface area contributed by atoms with Gasteiger partial charge in [-0.3, -0.25) is 4.79 Å². The molecule has 2 aromatic rings. The van der Waals surface area contributed by atoms with Crippen LogP contribution in [0.25, 0.3) is 0 Å². The number of hydrogen-bond donors (Lipinski definition) is 1. The highest BCUT2D eigenvalue weighted by atomic mass is 32.1. The Morgan fingerprint density at radius 3 is 2.67 bits per heavy atom. The summed E-state index contributed by atoms with van der Waals surface area (Å²) in [5.74, 6) is -0.621. The zero-order chi connectivity index (χ0) is 14.8. The van der Waals surface area contributed by atoms with Crippen LogP contribution in [-0.2, 0) is 17.6 Å². The van der Waals surface area contributed by atoms with Gasteiger partial charge in [-0.05, 0) is 54.7 Å². The summed E-state index contributed by atoms with van der Waals surface area (Å²) in [7, 11) is 1.33. The van der Waals surface area contributed by atoms with Crippen molar-refractivity contribution < 1.29 is 14.3 Å². The van der Waals surface area contributed by atoms with Gasteiger partial charge in [-0.15, -0.1) is 11.3 Å². The van der Waals surface area contributed by atoms with Crippen molar-refractivity contribution in [2.75, 3.05) is 12.4 Å². The van der Waals surface area contributed by atoms with Gasteiger partial charge in [0.1, 0.15) is 4.88 Å². The van der Waals surface area contributed by atoms with E-state index in [9.17, 15) is 9.59 Å². The summed E-state index contributed by atoms with van der Waals surface area (Å²) in [5.41, 5.74) is 3.49. The average Bonchev–Trinajstić information content (AvgIpc) is 3.14. The molecule has 1 heterocycles. The SMILES string of the molecule is COC(=O)c1ccc(C(=O)Nc2ccc3c(c2)CCC3)s1. The molecule has 0 bridgehead atoms. The molecule has 1 aromatic heterocycles. The van der Waals surface area contributed by atoms with Crippen LogP contribution < -0.4 is 5.32 Å². The van der Waals surface area contributed by atoms with Crippen molar-refractivity contribution in [1.29, 1.82) is 0 Å². The highest BCUT2D eigenvalue weighted by Gasteiger charge is 2.15. The van der Waals surface area contributed by atoms with E-state index in [1.54, 1.807) is 12.1 Å². The monoisotopic (exact) mass is 301 g/mol. The topological polar surface area (TPSA) is 55.4 Å². The van der Waals surface area contributed by atoms with Gasteiger partial charge in [0.15, 0.2) is 0 Å². The van der Waals surface area contributed by atoms with Crippen LogP contribution in [0.2, 0.25) is 0 Å². The second kappa shape index (κ2) is 5.69. The van der Waals surface area contributed by atoms with E-state index in [1.165, 1.54) is 24.7 Å². The Balaban J connectivity index is 1.74. The summed E-state index contributed by atoms with van der Waals surface area (Å²) >= 11 is 1.13. The Labute approximate surface area is 126 Å². The van der Waals surface area contributed by atoms with E-state index < -0.39 is 5.97 Å². The number of benzene rings is 1. The Morgan fingerprint density at radius 2 is 1.86 bits per heavy atom. The molecule has 4 nitrogen and oxygen atoms in total. The lowest BCUT2D eigenvalue weighted by molar-refractivity contribution is 0.0606. The molecule has 0 saturated heterocycles. The molecule has 1 aliphatic carbocycles. The van der Waals surface area contributed by atoms with Crippen molar-refractivity contribution >= 4 is 28.9 Å². The molecule has 1 aromatic carbocycles. The number of carbonyl (C=O) groups excluding carboxylic acids is 2. The molecule has 0 fully saturated rings. The highest BCUT2D eigenvalue weighted by molar-refractivity contribution is 7.16. The number of anilines is 1. The Morgan fingerprint density at radius 1 is 1.10 bits per heavy atom. The molecular weight excluding hydrogens is 286 g/mol. The van der Waals surface area contributed by atoms with Crippen LogP contribution in [0, 0.1) is 0 Å². The number of nitrogens with one attached hydrogen (secondary N) is 1. The summed E-state index contributed by atoms with van der Waals surface area (Å²) < 4.78 is 4.64. The first-order valence-electron chi connectivity index (χ1n) is 6.78. The standard InChI is InChI=1S/C16H15NO3S/c1-20-16(19)14-8-7-13(21-14)15(18)17-12-6-5-10-3-2-4-11(10)9-12/h5-9H,2-4H2,1H3,(H,17,18). The third-order valence-electron chi connectivity index (χ3n) is 3.57. The minimum Gasteiger partial charge on any atom is -0.465 e. The van der Waals surface area contributed by atoms with Gasteiger partial charge in [0.25, 0.3) is 5.91 Å². The van der Waals surface area contributed by atoms with Crippen molar-refractivity contribution in [1.82, 2.24) is 0 Å². The second-order valence-electron chi connectivity index (χ2n) is 4.95. The number of methoxy groups -OCH3 is 1. The number of esters is 1. The number of aryl methyl sites for hydroxylation is 2. The third kappa shape index (κ3) is 2.83. The Hall–Kier alpha value is -2.14. The summed E-state index contributed by atoms with van der Waals surface area (Å²) in [6.45, 7) is 0. The molecule has 1 N–H and O–H groups in total. The molecular formula is C16H15NO3S. The molecule has 0 spiro atoms.